The predicted molar refractivity (Wildman–Crippen MR) is 83.4 cm³/mol. The van der Waals surface area contributed by atoms with Gasteiger partial charge in [-0.15, -0.1) is 0 Å². The predicted octanol–water partition coefficient (Wildman–Crippen LogP) is 2.48. The molecule has 1 atom stereocenters. The lowest BCUT2D eigenvalue weighted by Crippen LogP contribution is -2.40. The first kappa shape index (κ1) is 15.8. The van der Waals surface area contributed by atoms with E-state index in [1.165, 1.54) is 11.3 Å². The quantitative estimate of drug-likeness (QED) is 0.922. The zero-order valence-corrected chi connectivity index (χ0v) is 13.1. The molecule has 0 radical (unpaired) electrons. The second-order valence-corrected chi connectivity index (χ2v) is 6.26. The largest absolute Gasteiger partial charge is 0.480 e. The number of carbonyl (C=O) groups excluding carboxylic acids is 1. The van der Waals surface area contributed by atoms with Crippen LogP contribution in [0.4, 0.5) is 0 Å². The minimum atomic E-state index is -0.941. The third-order valence-electron chi connectivity index (χ3n) is 4.62. The lowest BCUT2D eigenvalue weighted by atomic mass is 9.98. The van der Waals surface area contributed by atoms with Gasteiger partial charge >= 0.3 is 5.97 Å². The SMILES string of the molecule is O=C(O)C1CCCN1C(=O)c1ccnc(OC2CCCCC2)c1. The Labute approximate surface area is 135 Å². The van der Waals surface area contributed by atoms with Gasteiger partial charge in [0.25, 0.3) is 5.91 Å². The number of aromatic nitrogens is 1. The number of likely N-dealkylation sites (tertiary alicyclic amines) is 1. The maximum atomic E-state index is 12.6. The molecule has 1 amide bonds. The van der Waals surface area contributed by atoms with Gasteiger partial charge in [-0.05, 0) is 44.6 Å². The number of aliphatic carboxylic acids is 1. The molecule has 6 nitrogen and oxygen atoms in total. The van der Waals surface area contributed by atoms with Crippen molar-refractivity contribution >= 4 is 11.9 Å². The van der Waals surface area contributed by atoms with E-state index >= 15 is 0 Å². The van der Waals surface area contributed by atoms with Gasteiger partial charge in [0.15, 0.2) is 0 Å². The van der Waals surface area contributed by atoms with Crippen molar-refractivity contribution in [2.24, 2.45) is 0 Å². The maximum absolute atomic E-state index is 12.6. The van der Waals surface area contributed by atoms with Gasteiger partial charge in [0, 0.05) is 24.4 Å². The molecule has 2 fully saturated rings. The molecule has 0 aromatic carbocycles. The molecule has 1 unspecified atom stereocenters. The molecule has 2 aliphatic rings. The number of rotatable bonds is 4. The molecule has 124 valence electrons. The van der Waals surface area contributed by atoms with Gasteiger partial charge in [0.05, 0.1) is 0 Å². The fraction of sp³-hybridized carbons (Fsp3) is 0.588. The average molecular weight is 318 g/mol. The monoisotopic (exact) mass is 318 g/mol. The van der Waals surface area contributed by atoms with E-state index < -0.39 is 12.0 Å². The Morgan fingerprint density at radius 1 is 1.17 bits per heavy atom. The van der Waals surface area contributed by atoms with Crippen LogP contribution in [-0.2, 0) is 4.79 Å². The Hall–Kier alpha value is -2.11. The Balaban J connectivity index is 1.71. The Morgan fingerprint density at radius 2 is 1.96 bits per heavy atom. The number of carboxylic acids is 1. The van der Waals surface area contributed by atoms with Crippen molar-refractivity contribution in [3.05, 3.63) is 23.9 Å². The molecule has 0 spiro atoms. The summed E-state index contributed by atoms with van der Waals surface area (Å²) >= 11 is 0. The summed E-state index contributed by atoms with van der Waals surface area (Å²) in [5, 5.41) is 9.22. The number of nitrogens with zero attached hydrogens (tertiary/aromatic N) is 2. The Kier molecular flexibility index (Phi) is 4.79. The highest BCUT2D eigenvalue weighted by molar-refractivity contribution is 5.97. The fourth-order valence-electron chi connectivity index (χ4n) is 3.39. The number of hydrogen-bond donors (Lipinski definition) is 1. The third kappa shape index (κ3) is 3.63. The van der Waals surface area contributed by atoms with Crippen molar-refractivity contribution in [3.8, 4) is 5.88 Å². The van der Waals surface area contributed by atoms with Crippen LogP contribution in [0.3, 0.4) is 0 Å². The van der Waals surface area contributed by atoms with Gasteiger partial charge < -0.3 is 14.7 Å². The van der Waals surface area contributed by atoms with E-state index in [2.05, 4.69) is 4.98 Å². The van der Waals surface area contributed by atoms with E-state index in [1.54, 1.807) is 18.3 Å². The van der Waals surface area contributed by atoms with Crippen molar-refractivity contribution < 1.29 is 19.4 Å². The molecule has 3 rings (SSSR count). The molecule has 1 saturated heterocycles. The first-order chi connectivity index (χ1) is 11.1. The van der Waals surface area contributed by atoms with Crippen LogP contribution in [0.15, 0.2) is 18.3 Å². The first-order valence-corrected chi connectivity index (χ1v) is 8.31. The van der Waals surface area contributed by atoms with Gasteiger partial charge in [-0.2, -0.15) is 0 Å². The van der Waals surface area contributed by atoms with Crippen molar-refractivity contribution in [1.29, 1.82) is 0 Å². The minimum absolute atomic E-state index is 0.167. The van der Waals surface area contributed by atoms with Gasteiger partial charge in [0.1, 0.15) is 12.1 Å². The molecule has 23 heavy (non-hydrogen) atoms. The third-order valence-corrected chi connectivity index (χ3v) is 4.62. The van der Waals surface area contributed by atoms with Crippen LogP contribution in [0, 0.1) is 0 Å². The summed E-state index contributed by atoms with van der Waals surface area (Å²) in [6.07, 6.45) is 8.57. The first-order valence-electron chi connectivity index (χ1n) is 8.31. The lowest BCUT2D eigenvalue weighted by molar-refractivity contribution is -0.141. The minimum Gasteiger partial charge on any atom is -0.480 e. The van der Waals surface area contributed by atoms with Crippen molar-refractivity contribution in [2.45, 2.75) is 57.1 Å². The Morgan fingerprint density at radius 3 is 2.70 bits per heavy atom. The van der Waals surface area contributed by atoms with Crippen LogP contribution in [0.1, 0.15) is 55.3 Å². The zero-order chi connectivity index (χ0) is 16.2. The number of hydrogen-bond acceptors (Lipinski definition) is 4. The smallest absolute Gasteiger partial charge is 0.326 e. The summed E-state index contributed by atoms with van der Waals surface area (Å²) in [6.45, 7) is 0.483. The maximum Gasteiger partial charge on any atom is 0.326 e. The van der Waals surface area contributed by atoms with Crippen molar-refractivity contribution in [2.75, 3.05) is 6.54 Å². The second-order valence-electron chi connectivity index (χ2n) is 6.26. The highest BCUT2D eigenvalue weighted by atomic mass is 16.5. The number of carbonyl (C=O) groups is 2. The van der Waals surface area contributed by atoms with E-state index in [9.17, 15) is 14.7 Å². The zero-order valence-electron chi connectivity index (χ0n) is 13.1. The fourth-order valence-corrected chi connectivity index (χ4v) is 3.39. The second kappa shape index (κ2) is 6.98. The van der Waals surface area contributed by atoms with E-state index in [-0.39, 0.29) is 12.0 Å². The van der Waals surface area contributed by atoms with Crippen LogP contribution in [0.5, 0.6) is 5.88 Å². The van der Waals surface area contributed by atoms with E-state index in [1.807, 2.05) is 0 Å². The van der Waals surface area contributed by atoms with Crippen LogP contribution >= 0.6 is 0 Å². The summed E-state index contributed by atoms with van der Waals surface area (Å²) in [4.78, 5) is 29.5. The summed E-state index contributed by atoms with van der Waals surface area (Å²) in [7, 11) is 0. The highest BCUT2D eigenvalue weighted by Crippen LogP contribution is 2.24. The van der Waals surface area contributed by atoms with E-state index in [0.29, 0.717) is 24.4 Å². The van der Waals surface area contributed by atoms with Crippen molar-refractivity contribution in [1.82, 2.24) is 9.88 Å². The van der Waals surface area contributed by atoms with Gasteiger partial charge in [-0.1, -0.05) is 6.42 Å². The molecular formula is C17H22N2O4. The normalized spacial score (nSPS) is 22.1. The van der Waals surface area contributed by atoms with Crippen molar-refractivity contribution in [3.63, 3.8) is 0 Å². The summed E-state index contributed by atoms with van der Waals surface area (Å²) in [5.41, 5.74) is 0.443. The molecule has 1 N–H and O–H groups in total. The lowest BCUT2D eigenvalue weighted by Gasteiger charge is -2.23. The van der Waals surface area contributed by atoms with Gasteiger partial charge in [-0.3, -0.25) is 4.79 Å². The molecule has 1 aliphatic heterocycles. The van der Waals surface area contributed by atoms with E-state index in [4.69, 9.17) is 4.74 Å². The molecule has 1 aromatic heterocycles. The molecular weight excluding hydrogens is 296 g/mol. The summed E-state index contributed by atoms with van der Waals surface area (Å²) in [6, 6.07) is 2.53. The number of ether oxygens (including phenoxy) is 1. The number of carboxylic acid groups (broad SMARTS) is 1. The topological polar surface area (TPSA) is 79.7 Å². The molecule has 1 aromatic rings. The van der Waals surface area contributed by atoms with E-state index in [0.717, 1.165) is 32.1 Å². The molecule has 2 heterocycles. The number of pyridine rings is 1. The van der Waals surface area contributed by atoms with Crippen LogP contribution in [0.25, 0.3) is 0 Å². The summed E-state index contributed by atoms with van der Waals surface area (Å²) in [5.74, 6) is -0.747. The van der Waals surface area contributed by atoms with Crippen LogP contribution in [-0.4, -0.2) is 45.6 Å². The van der Waals surface area contributed by atoms with Gasteiger partial charge in [-0.25, -0.2) is 9.78 Å². The van der Waals surface area contributed by atoms with Crippen LogP contribution < -0.4 is 4.74 Å². The summed E-state index contributed by atoms with van der Waals surface area (Å²) < 4.78 is 5.88. The Bertz CT molecular complexity index is 584. The molecule has 1 saturated carbocycles. The molecule has 1 aliphatic carbocycles. The number of amides is 1. The van der Waals surface area contributed by atoms with Gasteiger partial charge in [0.2, 0.25) is 5.88 Å². The highest BCUT2D eigenvalue weighted by Gasteiger charge is 2.34. The van der Waals surface area contributed by atoms with Crippen LogP contribution in [0.2, 0.25) is 0 Å². The molecule has 0 bridgehead atoms. The standard InChI is InChI=1S/C17H22N2O4/c20-16(19-10-4-7-14(19)17(21)22)12-8-9-18-15(11-12)23-13-5-2-1-3-6-13/h8-9,11,13-14H,1-7,10H2,(H,21,22). The average Bonchev–Trinajstić information content (AvgIpc) is 3.05. The molecule has 6 heteroatoms.